The summed E-state index contributed by atoms with van der Waals surface area (Å²) in [6, 6.07) is 11.5. The molecule has 0 unspecified atom stereocenters. The number of amides is 2. The van der Waals surface area contributed by atoms with Crippen LogP contribution in [-0.2, 0) is 23.1 Å². The average Bonchev–Trinajstić information content (AvgIpc) is 3.68. The van der Waals surface area contributed by atoms with Gasteiger partial charge in [-0.05, 0) is 86.4 Å². The molecule has 7 nitrogen and oxygen atoms in total. The summed E-state index contributed by atoms with van der Waals surface area (Å²) in [5.41, 5.74) is 7.74. The Kier molecular flexibility index (Phi) is 5.45. The smallest absolute Gasteiger partial charge is 0.248 e. The predicted molar refractivity (Wildman–Crippen MR) is 132 cm³/mol. The number of hydrogen-bond acceptors (Lipinski definition) is 5. The van der Waals surface area contributed by atoms with Crippen LogP contribution in [0.3, 0.4) is 0 Å². The van der Waals surface area contributed by atoms with Crippen LogP contribution in [-0.4, -0.2) is 69.5 Å². The van der Waals surface area contributed by atoms with Crippen molar-refractivity contribution in [3.05, 3.63) is 65.0 Å². The lowest BCUT2D eigenvalue weighted by atomic mass is 9.52. The number of rotatable bonds is 5. The lowest BCUT2D eigenvalue weighted by molar-refractivity contribution is -0.149. The third kappa shape index (κ3) is 3.76. The topological polar surface area (TPSA) is 99.8 Å². The lowest BCUT2D eigenvalue weighted by Crippen LogP contribution is -2.71. The van der Waals surface area contributed by atoms with Gasteiger partial charge in [-0.25, -0.2) is 0 Å². The Morgan fingerprint density at radius 2 is 1.89 bits per heavy atom. The van der Waals surface area contributed by atoms with E-state index in [9.17, 15) is 14.7 Å². The molecule has 2 bridgehead atoms. The van der Waals surface area contributed by atoms with Gasteiger partial charge in [-0.2, -0.15) is 0 Å². The zero-order valence-electron chi connectivity index (χ0n) is 20.2. The highest BCUT2D eigenvalue weighted by atomic mass is 16.3. The van der Waals surface area contributed by atoms with E-state index in [4.69, 9.17) is 5.73 Å². The Balaban J connectivity index is 1.36. The van der Waals surface area contributed by atoms with Crippen LogP contribution in [0.25, 0.3) is 0 Å². The maximum Gasteiger partial charge on any atom is 0.248 e. The summed E-state index contributed by atoms with van der Waals surface area (Å²) in [7, 11) is 0. The van der Waals surface area contributed by atoms with Gasteiger partial charge in [0.2, 0.25) is 11.8 Å². The largest absolute Gasteiger partial charge is 0.387 e. The number of carbonyl (C=O) groups excluding carboxylic acids is 2. The number of aromatic nitrogens is 1. The molecule has 3 N–H and O–H groups in total. The Morgan fingerprint density at radius 3 is 2.63 bits per heavy atom. The van der Waals surface area contributed by atoms with Gasteiger partial charge in [0.1, 0.15) is 0 Å². The van der Waals surface area contributed by atoms with Crippen LogP contribution in [0.5, 0.6) is 0 Å². The zero-order chi connectivity index (χ0) is 24.2. The number of fused-ring (bicyclic) bond motifs is 1. The first-order valence-electron chi connectivity index (χ1n) is 13.0. The van der Waals surface area contributed by atoms with E-state index in [1.807, 2.05) is 41.3 Å². The quantitative estimate of drug-likeness (QED) is 0.691. The van der Waals surface area contributed by atoms with Crippen LogP contribution in [0.15, 0.2) is 42.6 Å². The minimum atomic E-state index is -0.955. The van der Waals surface area contributed by atoms with E-state index in [1.54, 1.807) is 6.20 Å². The fourth-order valence-corrected chi connectivity index (χ4v) is 7.05. The van der Waals surface area contributed by atoms with Gasteiger partial charge in [-0.15, -0.1) is 0 Å². The molecule has 1 aromatic heterocycles. The Bertz CT molecular complexity index is 1150. The normalized spacial score (nSPS) is 30.2. The molecular formula is C28H34N4O3. The van der Waals surface area contributed by atoms with Crippen molar-refractivity contribution < 1.29 is 14.7 Å². The molecule has 1 aromatic carbocycles. The molecule has 4 aliphatic rings. The Hall–Kier alpha value is -2.77. The summed E-state index contributed by atoms with van der Waals surface area (Å²) in [5.74, 6) is 0.353. The van der Waals surface area contributed by atoms with E-state index in [-0.39, 0.29) is 18.4 Å². The first-order valence-corrected chi connectivity index (χ1v) is 13.0. The average molecular weight is 475 g/mol. The number of nitrogens with two attached hydrogens (primary N) is 1. The molecule has 2 aliphatic carbocycles. The van der Waals surface area contributed by atoms with E-state index in [1.165, 1.54) is 18.4 Å². The second-order valence-corrected chi connectivity index (χ2v) is 11.0. The van der Waals surface area contributed by atoms with E-state index in [0.29, 0.717) is 31.5 Å². The summed E-state index contributed by atoms with van der Waals surface area (Å²) < 4.78 is 0. The number of likely N-dealkylation sites (tertiary alicyclic amines) is 2. The fourth-order valence-electron chi connectivity index (χ4n) is 7.05. The van der Waals surface area contributed by atoms with Crippen molar-refractivity contribution in [2.45, 2.75) is 62.0 Å². The van der Waals surface area contributed by atoms with E-state index < -0.39 is 16.9 Å². The monoisotopic (exact) mass is 474 g/mol. The molecular weight excluding hydrogens is 440 g/mol. The standard InChI is InChI=1S/C28H34N4O3/c29-26(34)21-7-6-20-16-24-28(35)10-14-31(25(33)17-22-3-1-2-11-30-22)12-8-27(28,23(20)15-21)9-13-32(24)18-19-4-5-19/h1-3,6-7,11,15,19,24,35H,4-5,8-10,12-14,16-18H2,(H2,29,34)/t24-,27+,28-/m1/s1. The van der Waals surface area contributed by atoms with Crippen molar-refractivity contribution in [3.8, 4) is 0 Å². The SMILES string of the molecule is NC(=O)c1ccc2c(c1)[C@@]13CCN(C(=O)Cc4ccccn4)CC[C@@]1(O)[C@@H](C2)N(CC1CC1)CC3. The molecule has 2 amide bonds. The van der Waals surface area contributed by atoms with E-state index in [0.717, 1.165) is 43.1 Å². The minimum Gasteiger partial charge on any atom is -0.387 e. The summed E-state index contributed by atoms with van der Waals surface area (Å²) in [4.78, 5) is 34.1. The van der Waals surface area contributed by atoms with E-state index in [2.05, 4.69) is 9.88 Å². The van der Waals surface area contributed by atoms with Gasteiger partial charge >= 0.3 is 0 Å². The van der Waals surface area contributed by atoms with Crippen molar-refractivity contribution in [2.75, 3.05) is 26.2 Å². The van der Waals surface area contributed by atoms with Gasteiger partial charge in [0, 0.05) is 48.5 Å². The van der Waals surface area contributed by atoms with Crippen LogP contribution in [0.2, 0.25) is 0 Å². The number of benzene rings is 1. The molecule has 2 saturated heterocycles. The van der Waals surface area contributed by atoms with Crippen molar-refractivity contribution in [3.63, 3.8) is 0 Å². The number of aliphatic hydroxyl groups is 1. The van der Waals surface area contributed by atoms with Crippen LogP contribution in [0.4, 0.5) is 0 Å². The molecule has 3 atom stereocenters. The molecule has 0 spiro atoms. The highest BCUT2D eigenvalue weighted by Gasteiger charge is 2.63. The van der Waals surface area contributed by atoms with Gasteiger partial charge in [0.05, 0.1) is 12.0 Å². The van der Waals surface area contributed by atoms with Crippen LogP contribution in [0, 0.1) is 5.92 Å². The summed E-state index contributed by atoms with van der Waals surface area (Å²) in [6.45, 7) is 3.10. The molecule has 2 aromatic rings. The van der Waals surface area contributed by atoms with Gasteiger partial charge in [-0.3, -0.25) is 19.5 Å². The van der Waals surface area contributed by atoms with Crippen LogP contribution in [0.1, 0.15) is 59.3 Å². The summed E-state index contributed by atoms with van der Waals surface area (Å²) >= 11 is 0. The lowest BCUT2D eigenvalue weighted by Gasteiger charge is -2.61. The molecule has 6 rings (SSSR count). The molecule has 184 valence electrons. The second kappa shape index (κ2) is 8.42. The van der Waals surface area contributed by atoms with Crippen LogP contribution >= 0.6 is 0 Å². The highest BCUT2D eigenvalue weighted by Crippen LogP contribution is 2.56. The van der Waals surface area contributed by atoms with Crippen LogP contribution < -0.4 is 5.73 Å². The molecule has 2 aliphatic heterocycles. The summed E-state index contributed by atoms with van der Waals surface area (Å²) in [5, 5.41) is 12.6. The number of primary amides is 1. The number of hydrogen-bond donors (Lipinski definition) is 2. The highest BCUT2D eigenvalue weighted by molar-refractivity contribution is 5.93. The third-order valence-corrected chi connectivity index (χ3v) is 9.14. The molecule has 3 heterocycles. The molecule has 7 heteroatoms. The zero-order valence-corrected chi connectivity index (χ0v) is 20.2. The van der Waals surface area contributed by atoms with Gasteiger partial charge < -0.3 is 15.7 Å². The van der Waals surface area contributed by atoms with Crippen molar-refractivity contribution >= 4 is 11.8 Å². The molecule has 35 heavy (non-hydrogen) atoms. The number of pyridine rings is 1. The van der Waals surface area contributed by atoms with Crippen molar-refractivity contribution in [1.82, 2.24) is 14.8 Å². The molecule has 3 fully saturated rings. The first kappa shape index (κ1) is 22.7. The third-order valence-electron chi connectivity index (χ3n) is 9.14. The predicted octanol–water partition coefficient (Wildman–Crippen LogP) is 2.05. The summed E-state index contributed by atoms with van der Waals surface area (Å²) in [6.07, 6.45) is 7.35. The number of piperidine rings is 1. The van der Waals surface area contributed by atoms with Crippen molar-refractivity contribution in [1.29, 1.82) is 0 Å². The Morgan fingerprint density at radius 1 is 1.09 bits per heavy atom. The van der Waals surface area contributed by atoms with Crippen molar-refractivity contribution in [2.24, 2.45) is 11.7 Å². The second-order valence-electron chi connectivity index (χ2n) is 11.0. The maximum absolute atomic E-state index is 13.3. The van der Waals surface area contributed by atoms with Gasteiger partial charge in [0.25, 0.3) is 0 Å². The fraction of sp³-hybridized carbons (Fsp3) is 0.536. The maximum atomic E-state index is 13.3. The Labute approximate surface area is 206 Å². The minimum absolute atomic E-state index is 0.0228. The first-order chi connectivity index (χ1) is 16.9. The van der Waals surface area contributed by atoms with E-state index >= 15 is 0 Å². The molecule has 0 radical (unpaired) electrons. The number of nitrogens with zero attached hydrogens (tertiary/aromatic N) is 3. The van der Waals surface area contributed by atoms with Gasteiger partial charge in [0.15, 0.2) is 0 Å². The van der Waals surface area contributed by atoms with Gasteiger partial charge in [-0.1, -0.05) is 12.1 Å². The molecule has 1 saturated carbocycles. The number of carbonyl (C=O) groups is 2.